The summed E-state index contributed by atoms with van der Waals surface area (Å²) in [5.74, 6) is -6.74. The van der Waals surface area contributed by atoms with Gasteiger partial charge in [-0.2, -0.15) is 17.6 Å². The molecule has 0 heterocycles. The minimum atomic E-state index is -4.04. The minimum absolute atomic E-state index is 0.0960. The Morgan fingerprint density at radius 2 is 1.13 bits per heavy atom. The number of alkyl halides is 4. The third-order valence-corrected chi connectivity index (χ3v) is 8.09. The third kappa shape index (κ3) is 5.15. The van der Waals surface area contributed by atoms with Crippen LogP contribution >= 0.6 is 0 Å². The first-order valence-electron chi connectivity index (χ1n) is 12.5. The zero-order valence-electron chi connectivity index (χ0n) is 18.9. The van der Waals surface area contributed by atoms with E-state index in [9.17, 15) is 17.6 Å². The van der Waals surface area contributed by atoms with Gasteiger partial charge in [0.05, 0.1) is 0 Å². The molecule has 0 atom stereocenters. The molecule has 0 spiro atoms. The zero-order valence-corrected chi connectivity index (χ0v) is 18.9. The minimum Gasteiger partial charge on any atom is -0.194 e. The first kappa shape index (κ1) is 23.9. The molecule has 3 rings (SSSR count). The molecule has 0 radical (unpaired) electrons. The van der Waals surface area contributed by atoms with Crippen molar-refractivity contribution in [3.8, 4) is 0 Å². The summed E-state index contributed by atoms with van der Waals surface area (Å²) in [6.07, 6.45) is 15.5. The predicted octanol–water partition coefficient (Wildman–Crippen LogP) is 9.12. The van der Waals surface area contributed by atoms with E-state index in [0.717, 1.165) is 57.3 Å². The van der Waals surface area contributed by atoms with Gasteiger partial charge in [-0.25, -0.2) is 0 Å². The summed E-state index contributed by atoms with van der Waals surface area (Å²) < 4.78 is 59.8. The third-order valence-electron chi connectivity index (χ3n) is 8.09. The van der Waals surface area contributed by atoms with E-state index in [2.05, 4.69) is 13.8 Å². The van der Waals surface area contributed by atoms with Crippen molar-refractivity contribution in [2.24, 2.45) is 23.7 Å². The lowest BCUT2D eigenvalue weighted by molar-refractivity contribution is -0.169. The molecule has 3 aliphatic rings. The van der Waals surface area contributed by atoms with E-state index in [1.807, 2.05) is 0 Å². The molecule has 0 aliphatic heterocycles. The number of rotatable bonds is 8. The average Bonchev–Trinajstić information content (AvgIpc) is 2.72. The Labute approximate surface area is 180 Å². The Morgan fingerprint density at radius 1 is 0.667 bits per heavy atom. The van der Waals surface area contributed by atoms with Crippen molar-refractivity contribution in [1.82, 2.24) is 0 Å². The molecular formula is C26H40F4. The van der Waals surface area contributed by atoms with Gasteiger partial charge in [0, 0.05) is 11.1 Å². The molecule has 0 unspecified atom stereocenters. The molecule has 2 saturated carbocycles. The average molecular weight is 429 g/mol. The molecule has 0 amide bonds. The van der Waals surface area contributed by atoms with Crippen molar-refractivity contribution in [2.75, 3.05) is 0 Å². The van der Waals surface area contributed by atoms with Crippen molar-refractivity contribution in [1.29, 1.82) is 0 Å². The number of hydrogen-bond acceptors (Lipinski definition) is 0. The summed E-state index contributed by atoms with van der Waals surface area (Å²) in [5.41, 5.74) is -0.669. The van der Waals surface area contributed by atoms with E-state index in [0.29, 0.717) is 31.1 Å². The van der Waals surface area contributed by atoms with Crippen LogP contribution in [0.1, 0.15) is 104 Å². The van der Waals surface area contributed by atoms with Crippen LogP contribution in [-0.2, 0) is 0 Å². The molecule has 0 nitrogen and oxygen atoms in total. The summed E-state index contributed by atoms with van der Waals surface area (Å²) in [7, 11) is 0. The van der Waals surface area contributed by atoms with E-state index >= 15 is 0 Å². The van der Waals surface area contributed by atoms with E-state index in [1.165, 1.54) is 25.0 Å². The van der Waals surface area contributed by atoms with Crippen LogP contribution in [0.5, 0.6) is 0 Å². The van der Waals surface area contributed by atoms with E-state index < -0.39 is 17.8 Å². The maximum atomic E-state index is 15.0. The van der Waals surface area contributed by atoms with Crippen LogP contribution in [0.15, 0.2) is 23.3 Å². The molecule has 0 aromatic carbocycles. The summed E-state index contributed by atoms with van der Waals surface area (Å²) >= 11 is 0. The number of allylic oxidation sites excluding steroid dienone is 4. The van der Waals surface area contributed by atoms with Gasteiger partial charge in [0.15, 0.2) is 0 Å². The highest BCUT2D eigenvalue weighted by Crippen LogP contribution is 2.53. The van der Waals surface area contributed by atoms with Crippen molar-refractivity contribution >= 4 is 0 Å². The van der Waals surface area contributed by atoms with Crippen LogP contribution < -0.4 is 0 Å². The lowest BCUT2D eigenvalue weighted by atomic mass is 9.72. The van der Waals surface area contributed by atoms with Crippen LogP contribution in [0, 0.1) is 23.7 Å². The van der Waals surface area contributed by atoms with E-state index in [1.54, 1.807) is 0 Å². The largest absolute Gasteiger partial charge is 0.336 e. The highest BCUT2D eigenvalue weighted by molar-refractivity contribution is 5.39. The van der Waals surface area contributed by atoms with E-state index in [-0.39, 0.29) is 17.6 Å². The van der Waals surface area contributed by atoms with E-state index in [4.69, 9.17) is 0 Å². The van der Waals surface area contributed by atoms with Gasteiger partial charge in [-0.1, -0.05) is 77.4 Å². The summed E-state index contributed by atoms with van der Waals surface area (Å²) in [6, 6.07) is 0. The normalized spacial score (nSPS) is 33.7. The quantitative estimate of drug-likeness (QED) is 0.338. The lowest BCUT2D eigenvalue weighted by Crippen LogP contribution is -2.47. The second-order valence-electron chi connectivity index (χ2n) is 10.2. The molecule has 3 aliphatic carbocycles. The van der Waals surface area contributed by atoms with Gasteiger partial charge in [-0.05, 0) is 62.2 Å². The molecule has 4 heteroatoms. The lowest BCUT2D eigenvalue weighted by Gasteiger charge is -2.39. The van der Waals surface area contributed by atoms with Gasteiger partial charge in [0.2, 0.25) is 0 Å². The SMILES string of the molecule is CCCC1CCC(CCC2=CC=C(C3CCC(CCC)CC3)C(F)(F)C2(F)F)CC1. The maximum Gasteiger partial charge on any atom is 0.336 e. The summed E-state index contributed by atoms with van der Waals surface area (Å²) in [5, 5.41) is 0. The van der Waals surface area contributed by atoms with Gasteiger partial charge in [-0.3, -0.25) is 0 Å². The van der Waals surface area contributed by atoms with Crippen LogP contribution in [-0.4, -0.2) is 11.8 Å². The smallest absolute Gasteiger partial charge is 0.194 e. The fraction of sp³-hybridized carbons (Fsp3) is 0.846. The van der Waals surface area contributed by atoms with Gasteiger partial charge < -0.3 is 0 Å². The summed E-state index contributed by atoms with van der Waals surface area (Å²) in [4.78, 5) is 0. The topological polar surface area (TPSA) is 0 Å². The number of hydrogen-bond donors (Lipinski definition) is 0. The van der Waals surface area contributed by atoms with Crippen molar-refractivity contribution < 1.29 is 17.6 Å². The first-order chi connectivity index (χ1) is 14.3. The predicted molar refractivity (Wildman–Crippen MR) is 116 cm³/mol. The Morgan fingerprint density at radius 3 is 1.63 bits per heavy atom. The zero-order chi connectivity index (χ0) is 21.8. The maximum absolute atomic E-state index is 15.0. The molecule has 0 N–H and O–H groups in total. The summed E-state index contributed by atoms with van der Waals surface area (Å²) in [6.45, 7) is 4.33. The standard InChI is InChI=1S/C26H40F4/c1-3-5-19-7-9-21(10-8-19)13-16-23-17-18-24(26(29,30)25(23,27)28)22-14-11-20(6-4-2)12-15-22/h17-22H,3-16H2,1-2H3. The molecule has 0 bridgehead atoms. The molecular weight excluding hydrogens is 388 g/mol. The molecule has 2 fully saturated rings. The van der Waals surface area contributed by atoms with Gasteiger partial charge in [-0.15, -0.1) is 0 Å². The Hall–Kier alpha value is -0.800. The van der Waals surface area contributed by atoms with Crippen LogP contribution in [0.2, 0.25) is 0 Å². The second-order valence-corrected chi connectivity index (χ2v) is 10.2. The molecule has 172 valence electrons. The first-order valence-corrected chi connectivity index (χ1v) is 12.5. The van der Waals surface area contributed by atoms with Crippen LogP contribution in [0.3, 0.4) is 0 Å². The fourth-order valence-corrected chi connectivity index (χ4v) is 6.16. The molecule has 30 heavy (non-hydrogen) atoms. The van der Waals surface area contributed by atoms with Crippen molar-refractivity contribution in [3.63, 3.8) is 0 Å². The van der Waals surface area contributed by atoms with Gasteiger partial charge >= 0.3 is 11.8 Å². The number of halogens is 4. The van der Waals surface area contributed by atoms with Gasteiger partial charge in [0.1, 0.15) is 0 Å². The van der Waals surface area contributed by atoms with Crippen molar-refractivity contribution in [2.45, 2.75) is 116 Å². The molecule has 0 aromatic heterocycles. The second kappa shape index (κ2) is 10.2. The molecule has 0 aromatic rings. The Balaban J connectivity index is 1.61. The fourth-order valence-electron chi connectivity index (χ4n) is 6.16. The Bertz CT molecular complexity index is 603. The van der Waals surface area contributed by atoms with Crippen molar-refractivity contribution in [3.05, 3.63) is 23.3 Å². The molecule has 0 saturated heterocycles. The monoisotopic (exact) mass is 428 g/mol. The highest BCUT2D eigenvalue weighted by atomic mass is 19.3. The van der Waals surface area contributed by atoms with Crippen LogP contribution in [0.25, 0.3) is 0 Å². The highest BCUT2D eigenvalue weighted by Gasteiger charge is 2.62. The van der Waals surface area contributed by atoms with Crippen LogP contribution in [0.4, 0.5) is 17.6 Å². The van der Waals surface area contributed by atoms with Gasteiger partial charge in [0.25, 0.3) is 0 Å². The Kier molecular flexibility index (Phi) is 8.12.